The molecule has 126 valence electrons. The number of urea groups is 1. The predicted octanol–water partition coefficient (Wildman–Crippen LogP) is 3.08. The van der Waals surface area contributed by atoms with Gasteiger partial charge in [0.2, 0.25) is 5.13 Å². The average Bonchev–Trinajstić information content (AvgIpc) is 3.33. The van der Waals surface area contributed by atoms with E-state index < -0.39 is 0 Å². The second-order valence-electron chi connectivity index (χ2n) is 5.35. The Kier molecular flexibility index (Phi) is 3.90. The van der Waals surface area contributed by atoms with Gasteiger partial charge in [-0.05, 0) is 30.7 Å². The SMILES string of the molecule is Cc1cccn2cc(CNC(=O)Nc3nnc(-c4ccco4)s3)nc12. The maximum Gasteiger partial charge on any atom is 0.321 e. The summed E-state index contributed by atoms with van der Waals surface area (Å²) in [7, 11) is 0. The first kappa shape index (κ1) is 15.3. The van der Waals surface area contributed by atoms with Gasteiger partial charge in [-0.25, -0.2) is 9.78 Å². The van der Waals surface area contributed by atoms with Gasteiger partial charge in [-0.15, -0.1) is 10.2 Å². The zero-order valence-electron chi connectivity index (χ0n) is 13.3. The van der Waals surface area contributed by atoms with E-state index in [4.69, 9.17) is 4.42 Å². The first-order chi connectivity index (χ1) is 12.2. The van der Waals surface area contributed by atoms with E-state index in [1.807, 2.05) is 35.9 Å². The van der Waals surface area contributed by atoms with Crippen molar-refractivity contribution < 1.29 is 9.21 Å². The van der Waals surface area contributed by atoms with E-state index in [0.29, 0.717) is 22.4 Å². The highest BCUT2D eigenvalue weighted by Gasteiger charge is 2.11. The highest BCUT2D eigenvalue weighted by atomic mass is 32.1. The summed E-state index contributed by atoms with van der Waals surface area (Å²) in [5.74, 6) is 0.617. The third kappa shape index (κ3) is 3.22. The Morgan fingerprint density at radius 2 is 2.24 bits per heavy atom. The van der Waals surface area contributed by atoms with Crippen molar-refractivity contribution in [3.8, 4) is 10.8 Å². The van der Waals surface area contributed by atoms with Crippen LogP contribution < -0.4 is 10.6 Å². The Balaban J connectivity index is 1.38. The molecule has 9 heteroatoms. The number of fused-ring (bicyclic) bond motifs is 1. The van der Waals surface area contributed by atoms with E-state index in [1.165, 1.54) is 11.3 Å². The quantitative estimate of drug-likeness (QED) is 0.587. The summed E-state index contributed by atoms with van der Waals surface area (Å²) in [6.45, 7) is 2.31. The normalized spacial score (nSPS) is 10.9. The highest BCUT2D eigenvalue weighted by molar-refractivity contribution is 7.18. The average molecular weight is 354 g/mol. The Morgan fingerprint density at radius 3 is 3.04 bits per heavy atom. The number of aromatic nitrogens is 4. The number of pyridine rings is 1. The Labute approximate surface area is 146 Å². The summed E-state index contributed by atoms with van der Waals surface area (Å²) >= 11 is 1.24. The van der Waals surface area contributed by atoms with Gasteiger partial charge in [0.05, 0.1) is 18.5 Å². The third-order valence-electron chi connectivity index (χ3n) is 3.54. The Morgan fingerprint density at radius 1 is 1.32 bits per heavy atom. The van der Waals surface area contributed by atoms with Crippen LogP contribution in [0.5, 0.6) is 0 Å². The fraction of sp³-hybridized carbons (Fsp3) is 0.125. The maximum atomic E-state index is 12.0. The van der Waals surface area contributed by atoms with Gasteiger partial charge >= 0.3 is 6.03 Å². The van der Waals surface area contributed by atoms with Gasteiger partial charge in [-0.2, -0.15) is 0 Å². The van der Waals surface area contributed by atoms with Crippen molar-refractivity contribution in [3.05, 3.63) is 54.2 Å². The molecule has 0 bridgehead atoms. The van der Waals surface area contributed by atoms with Gasteiger partial charge in [0.15, 0.2) is 10.8 Å². The van der Waals surface area contributed by atoms with Crippen molar-refractivity contribution in [2.75, 3.05) is 5.32 Å². The lowest BCUT2D eigenvalue weighted by molar-refractivity contribution is 0.251. The molecule has 4 rings (SSSR count). The van der Waals surface area contributed by atoms with Gasteiger partial charge < -0.3 is 14.1 Å². The molecule has 0 atom stereocenters. The smallest absolute Gasteiger partial charge is 0.321 e. The minimum Gasteiger partial charge on any atom is -0.462 e. The van der Waals surface area contributed by atoms with E-state index in [1.54, 1.807) is 18.4 Å². The molecule has 2 amide bonds. The van der Waals surface area contributed by atoms with Crippen molar-refractivity contribution in [2.24, 2.45) is 0 Å². The molecule has 0 unspecified atom stereocenters. The minimum absolute atomic E-state index is 0.316. The summed E-state index contributed by atoms with van der Waals surface area (Å²) in [6, 6.07) is 7.15. The van der Waals surface area contributed by atoms with Crippen LogP contribution in [0.3, 0.4) is 0 Å². The zero-order valence-corrected chi connectivity index (χ0v) is 14.1. The molecule has 25 heavy (non-hydrogen) atoms. The number of nitrogens with one attached hydrogen (secondary N) is 2. The molecule has 0 aliphatic carbocycles. The molecule has 0 fully saturated rings. The highest BCUT2D eigenvalue weighted by Crippen LogP contribution is 2.26. The molecule has 0 aliphatic rings. The Hall–Kier alpha value is -3.20. The number of carbonyl (C=O) groups excluding carboxylic acids is 1. The summed E-state index contributed by atoms with van der Waals surface area (Å²) < 4.78 is 7.19. The monoisotopic (exact) mass is 354 g/mol. The fourth-order valence-electron chi connectivity index (χ4n) is 2.38. The topological polar surface area (TPSA) is 97.3 Å². The van der Waals surface area contributed by atoms with Crippen molar-refractivity contribution in [3.63, 3.8) is 0 Å². The number of carbonyl (C=O) groups is 1. The number of nitrogens with zero attached hydrogens (tertiary/aromatic N) is 4. The predicted molar refractivity (Wildman–Crippen MR) is 93.4 cm³/mol. The molecule has 0 spiro atoms. The van der Waals surface area contributed by atoms with E-state index in [9.17, 15) is 4.79 Å². The molecule has 0 saturated carbocycles. The summed E-state index contributed by atoms with van der Waals surface area (Å²) in [5.41, 5.74) is 2.74. The van der Waals surface area contributed by atoms with Crippen LogP contribution in [0.4, 0.5) is 9.93 Å². The fourth-order valence-corrected chi connectivity index (χ4v) is 3.08. The molecule has 4 aromatic heterocycles. The van der Waals surface area contributed by atoms with Crippen molar-refractivity contribution in [1.29, 1.82) is 0 Å². The van der Waals surface area contributed by atoms with Crippen LogP contribution >= 0.6 is 11.3 Å². The van der Waals surface area contributed by atoms with Crippen LogP contribution in [0.25, 0.3) is 16.4 Å². The van der Waals surface area contributed by atoms with Crippen LogP contribution in [0.15, 0.2) is 47.3 Å². The van der Waals surface area contributed by atoms with Gasteiger partial charge in [0, 0.05) is 12.4 Å². The van der Waals surface area contributed by atoms with Gasteiger partial charge in [-0.3, -0.25) is 5.32 Å². The largest absolute Gasteiger partial charge is 0.462 e. The molecule has 0 radical (unpaired) electrons. The van der Waals surface area contributed by atoms with Crippen LogP contribution in [0.1, 0.15) is 11.3 Å². The first-order valence-electron chi connectivity index (χ1n) is 7.54. The molecule has 0 aliphatic heterocycles. The van der Waals surface area contributed by atoms with Crippen molar-refractivity contribution >= 4 is 28.1 Å². The maximum absolute atomic E-state index is 12.0. The van der Waals surface area contributed by atoms with Gasteiger partial charge in [0.1, 0.15) is 5.65 Å². The number of imidazole rings is 1. The second-order valence-corrected chi connectivity index (χ2v) is 6.33. The molecule has 2 N–H and O–H groups in total. The summed E-state index contributed by atoms with van der Waals surface area (Å²) in [4.78, 5) is 16.5. The molecule has 4 heterocycles. The lowest BCUT2D eigenvalue weighted by Gasteiger charge is -2.02. The number of aryl methyl sites for hydroxylation is 1. The number of hydrogen-bond acceptors (Lipinski definition) is 6. The zero-order chi connectivity index (χ0) is 17.2. The number of rotatable bonds is 4. The lowest BCUT2D eigenvalue weighted by atomic mass is 10.3. The standard InChI is InChI=1S/C16H14N6O2S/c1-10-4-2-6-22-9-11(18-13(10)22)8-17-15(23)19-16-21-20-14(25-16)12-5-3-7-24-12/h2-7,9H,8H2,1H3,(H2,17,19,21,23). The second kappa shape index (κ2) is 6.36. The molecule has 8 nitrogen and oxygen atoms in total. The van der Waals surface area contributed by atoms with Crippen molar-refractivity contribution in [1.82, 2.24) is 24.9 Å². The van der Waals surface area contributed by atoms with Gasteiger partial charge in [0.25, 0.3) is 0 Å². The molecular formula is C16H14N6O2S. The van der Waals surface area contributed by atoms with Crippen LogP contribution in [-0.4, -0.2) is 25.6 Å². The van der Waals surface area contributed by atoms with E-state index in [2.05, 4.69) is 25.8 Å². The molecule has 0 saturated heterocycles. The summed E-state index contributed by atoms with van der Waals surface area (Å²) in [6.07, 6.45) is 5.38. The third-order valence-corrected chi connectivity index (χ3v) is 4.39. The summed E-state index contributed by atoms with van der Waals surface area (Å²) in [5, 5.41) is 14.3. The number of anilines is 1. The number of furan rings is 1. The first-order valence-corrected chi connectivity index (χ1v) is 8.36. The lowest BCUT2D eigenvalue weighted by Crippen LogP contribution is -2.28. The van der Waals surface area contributed by atoms with Gasteiger partial charge in [-0.1, -0.05) is 17.4 Å². The van der Waals surface area contributed by atoms with Crippen LogP contribution in [-0.2, 0) is 6.54 Å². The minimum atomic E-state index is -0.365. The number of hydrogen-bond donors (Lipinski definition) is 2. The van der Waals surface area contributed by atoms with Crippen LogP contribution in [0, 0.1) is 6.92 Å². The van der Waals surface area contributed by atoms with E-state index in [0.717, 1.165) is 16.9 Å². The van der Waals surface area contributed by atoms with E-state index >= 15 is 0 Å². The van der Waals surface area contributed by atoms with E-state index in [-0.39, 0.29) is 6.03 Å². The molecule has 4 aromatic rings. The van der Waals surface area contributed by atoms with Crippen LogP contribution in [0.2, 0.25) is 0 Å². The van der Waals surface area contributed by atoms with Crippen molar-refractivity contribution in [2.45, 2.75) is 13.5 Å². The molecular weight excluding hydrogens is 340 g/mol. The number of amides is 2. The Bertz CT molecular complexity index is 1020. The molecule has 0 aromatic carbocycles.